The van der Waals surface area contributed by atoms with Gasteiger partial charge in [-0.05, 0) is 51.8 Å². The second-order valence-electron chi connectivity index (χ2n) is 5.13. The standard InChI is InChI=1S/C13H18N2OS2/c1-5-16-9-6-7-11-10(8-9)15(13(2,3)4)12(17-11)18-14/h6-8,12H,5H2,1-4H3. The van der Waals surface area contributed by atoms with Crippen molar-refractivity contribution in [3.8, 4) is 5.75 Å². The van der Waals surface area contributed by atoms with Crippen molar-refractivity contribution in [1.29, 1.82) is 0 Å². The summed E-state index contributed by atoms with van der Waals surface area (Å²) in [6.07, 6.45) is 0. The zero-order valence-electron chi connectivity index (χ0n) is 11.1. The molecule has 18 heavy (non-hydrogen) atoms. The van der Waals surface area contributed by atoms with Crippen molar-refractivity contribution in [1.82, 2.24) is 5.14 Å². The van der Waals surface area contributed by atoms with E-state index in [0.29, 0.717) is 6.61 Å². The van der Waals surface area contributed by atoms with Crippen LogP contribution < -0.4 is 14.8 Å². The molecule has 5 heteroatoms. The molecule has 0 fully saturated rings. The summed E-state index contributed by atoms with van der Waals surface area (Å²) < 4.78 is 5.57. The largest absolute Gasteiger partial charge is 0.494 e. The van der Waals surface area contributed by atoms with Gasteiger partial charge in [0.15, 0.2) is 0 Å². The molecule has 0 aliphatic carbocycles. The fourth-order valence-corrected chi connectivity index (χ4v) is 4.25. The van der Waals surface area contributed by atoms with Crippen molar-refractivity contribution >= 4 is 29.4 Å². The Morgan fingerprint density at radius 1 is 1.44 bits per heavy atom. The molecule has 3 nitrogen and oxygen atoms in total. The molecular formula is C13H18N2OS2. The highest BCUT2D eigenvalue weighted by Gasteiger charge is 2.37. The van der Waals surface area contributed by atoms with E-state index in [4.69, 9.17) is 4.74 Å². The summed E-state index contributed by atoms with van der Waals surface area (Å²) in [5.74, 6) is 0.884. The molecule has 1 aromatic carbocycles. The normalized spacial score (nSPS) is 18.9. The number of nitrogens with zero attached hydrogens (tertiary/aromatic N) is 2. The van der Waals surface area contributed by atoms with Gasteiger partial charge in [0.05, 0.1) is 12.3 Å². The average molecular weight is 282 g/mol. The maximum absolute atomic E-state index is 9.47. The van der Waals surface area contributed by atoms with Crippen LogP contribution in [0, 0.1) is 0 Å². The zero-order valence-corrected chi connectivity index (χ0v) is 12.8. The molecule has 0 saturated heterocycles. The van der Waals surface area contributed by atoms with Gasteiger partial charge in [0.2, 0.25) is 0 Å². The second kappa shape index (κ2) is 5.23. The lowest BCUT2D eigenvalue weighted by molar-refractivity contribution is 0.340. The van der Waals surface area contributed by atoms with Crippen LogP contribution in [0.2, 0.25) is 0 Å². The van der Waals surface area contributed by atoms with E-state index in [1.807, 2.05) is 13.0 Å². The molecule has 2 radical (unpaired) electrons. The van der Waals surface area contributed by atoms with Gasteiger partial charge in [-0.3, -0.25) is 0 Å². The van der Waals surface area contributed by atoms with E-state index in [0.717, 1.165) is 23.4 Å². The monoisotopic (exact) mass is 282 g/mol. The van der Waals surface area contributed by atoms with E-state index < -0.39 is 0 Å². The minimum Gasteiger partial charge on any atom is -0.494 e. The summed E-state index contributed by atoms with van der Waals surface area (Å²) >= 11 is 2.57. The molecule has 1 aliphatic rings. The van der Waals surface area contributed by atoms with Gasteiger partial charge in [-0.25, -0.2) is 0 Å². The van der Waals surface area contributed by atoms with Gasteiger partial charge < -0.3 is 9.64 Å². The number of rotatable bonds is 3. The number of hydrogen-bond acceptors (Lipinski definition) is 4. The van der Waals surface area contributed by atoms with Crippen LogP contribution in [0.3, 0.4) is 0 Å². The lowest BCUT2D eigenvalue weighted by atomic mass is 10.1. The van der Waals surface area contributed by atoms with Crippen LogP contribution in [0.15, 0.2) is 23.1 Å². The Bertz CT molecular complexity index is 431. The maximum Gasteiger partial charge on any atom is 0.144 e. The Balaban J connectivity index is 2.40. The van der Waals surface area contributed by atoms with Crippen LogP contribution in [0.1, 0.15) is 27.7 Å². The summed E-state index contributed by atoms with van der Waals surface area (Å²) in [5, 5.41) is 9.47. The molecule has 98 valence electrons. The lowest BCUT2D eigenvalue weighted by Crippen LogP contribution is -2.43. The Morgan fingerprint density at radius 3 is 2.72 bits per heavy atom. The van der Waals surface area contributed by atoms with Crippen LogP contribution in [0.25, 0.3) is 0 Å². The molecule has 0 amide bonds. The zero-order chi connectivity index (χ0) is 13.3. The topological polar surface area (TPSA) is 34.8 Å². The van der Waals surface area contributed by atoms with Crippen molar-refractivity contribution in [3.63, 3.8) is 0 Å². The summed E-state index contributed by atoms with van der Waals surface area (Å²) in [4.78, 5) is 3.43. The van der Waals surface area contributed by atoms with Crippen molar-refractivity contribution in [2.24, 2.45) is 0 Å². The molecule has 0 aromatic heterocycles. The Morgan fingerprint density at radius 2 is 2.17 bits per heavy atom. The Hall–Kier alpha value is -0.520. The molecule has 2 rings (SSSR count). The first-order valence-electron chi connectivity index (χ1n) is 6.00. The van der Waals surface area contributed by atoms with Gasteiger partial charge in [-0.1, -0.05) is 16.9 Å². The number of anilines is 1. The maximum atomic E-state index is 9.47. The van der Waals surface area contributed by atoms with Crippen LogP contribution in [-0.2, 0) is 0 Å². The molecule has 0 bridgehead atoms. The van der Waals surface area contributed by atoms with E-state index in [1.54, 1.807) is 11.8 Å². The summed E-state index contributed by atoms with van der Waals surface area (Å²) in [5.41, 5.74) is 1.11. The van der Waals surface area contributed by atoms with E-state index in [-0.39, 0.29) is 10.2 Å². The third-order valence-electron chi connectivity index (χ3n) is 2.75. The first kappa shape index (κ1) is 13.9. The highest BCUT2D eigenvalue weighted by atomic mass is 32.2. The predicted octanol–water partition coefficient (Wildman–Crippen LogP) is 3.80. The summed E-state index contributed by atoms with van der Waals surface area (Å²) in [6, 6.07) is 6.12. The third kappa shape index (κ3) is 2.58. The highest BCUT2D eigenvalue weighted by molar-refractivity contribution is 8.16. The number of thioether (sulfide) groups is 1. The second-order valence-corrected chi connectivity index (χ2v) is 7.21. The smallest absolute Gasteiger partial charge is 0.144 e. The molecule has 0 N–H and O–H groups in total. The highest BCUT2D eigenvalue weighted by Crippen LogP contribution is 2.50. The van der Waals surface area contributed by atoms with Gasteiger partial charge in [0, 0.05) is 16.5 Å². The molecule has 1 aromatic rings. The molecule has 1 unspecified atom stereocenters. The first-order valence-corrected chi connectivity index (χ1v) is 7.72. The van der Waals surface area contributed by atoms with Crippen LogP contribution in [-0.4, -0.2) is 16.9 Å². The van der Waals surface area contributed by atoms with Crippen LogP contribution in [0.5, 0.6) is 5.75 Å². The lowest BCUT2D eigenvalue weighted by Gasteiger charge is -2.37. The molecule has 1 heterocycles. The van der Waals surface area contributed by atoms with Crippen LogP contribution >= 0.6 is 23.7 Å². The van der Waals surface area contributed by atoms with E-state index >= 15 is 0 Å². The molecule has 1 atom stereocenters. The van der Waals surface area contributed by atoms with Gasteiger partial charge in [-0.2, -0.15) is 0 Å². The molecule has 0 spiro atoms. The van der Waals surface area contributed by atoms with Gasteiger partial charge in [-0.15, -0.1) is 0 Å². The summed E-state index contributed by atoms with van der Waals surface area (Å²) in [7, 11) is 0. The fraction of sp³-hybridized carbons (Fsp3) is 0.538. The van der Waals surface area contributed by atoms with Gasteiger partial charge in [0.25, 0.3) is 0 Å². The van der Waals surface area contributed by atoms with E-state index in [2.05, 4.69) is 37.8 Å². The molecule has 1 aliphatic heterocycles. The number of ether oxygens (including phenoxy) is 1. The molecular weight excluding hydrogens is 264 g/mol. The number of fused-ring (bicyclic) bond motifs is 1. The predicted molar refractivity (Wildman–Crippen MR) is 79.2 cm³/mol. The third-order valence-corrected chi connectivity index (χ3v) is 4.70. The Kier molecular flexibility index (Phi) is 4.04. The SMILES string of the molecule is CCOc1ccc2c(c1)N(C(C)(C)C)C(S[N])S2. The van der Waals surface area contributed by atoms with Gasteiger partial charge >= 0.3 is 0 Å². The number of benzene rings is 1. The minimum atomic E-state index is -0.0382. The van der Waals surface area contributed by atoms with Gasteiger partial charge in [0.1, 0.15) is 10.5 Å². The number of hydrogen-bond donors (Lipinski definition) is 0. The van der Waals surface area contributed by atoms with Crippen molar-refractivity contribution < 1.29 is 4.74 Å². The fourth-order valence-electron chi connectivity index (χ4n) is 2.06. The van der Waals surface area contributed by atoms with Crippen LogP contribution in [0.4, 0.5) is 5.69 Å². The van der Waals surface area contributed by atoms with Crippen molar-refractivity contribution in [2.75, 3.05) is 11.5 Å². The molecule has 0 saturated carbocycles. The summed E-state index contributed by atoms with van der Waals surface area (Å²) in [6.45, 7) is 9.10. The van der Waals surface area contributed by atoms with E-state index in [1.165, 1.54) is 4.90 Å². The van der Waals surface area contributed by atoms with Crippen molar-refractivity contribution in [3.05, 3.63) is 18.2 Å². The first-order chi connectivity index (χ1) is 8.47. The average Bonchev–Trinajstić information content (AvgIpc) is 2.66. The minimum absolute atomic E-state index is 0.0110. The van der Waals surface area contributed by atoms with E-state index in [9.17, 15) is 5.14 Å². The quantitative estimate of drug-likeness (QED) is 0.790. The van der Waals surface area contributed by atoms with Crippen molar-refractivity contribution in [2.45, 2.75) is 42.8 Å². The Labute approximate surface area is 118 Å².